The first kappa shape index (κ1) is 8.49. The molecule has 2 atom stereocenters. The highest BCUT2D eigenvalue weighted by atomic mass is 15.2. The molecule has 0 amide bonds. The van der Waals surface area contributed by atoms with Crippen molar-refractivity contribution in [3.63, 3.8) is 0 Å². The van der Waals surface area contributed by atoms with E-state index in [1.54, 1.807) is 0 Å². The van der Waals surface area contributed by atoms with Crippen LogP contribution in [0, 0.1) is 11.3 Å². The molecule has 2 unspecified atom stereocenters. The van der Waals surface area contributed by atoms with Gasteiger partial charge in [-0.15, -0.1) is 0 Å². The highest BCUT2D eigenvalue weighted by Gasteiger charge is 2.37. The third kappa shape index (κ3) is 1.08. The predicted octanol–water partition coefficient (Wildman–Crippen LogP) is 1.50. The number of nitriles is 1. The monoisotopic (exact) mass is 197 g/mol. The van der Waals surface area contributed by atoms with Crippen molar-refractivity contribution in [2.24, 2.45) is 4.99 Å². The van der Waals surface area contributed by atoms with E-state index in [2.05, 4.69) is 29.1 Å². The zero-order chi connectivity index (χ0) is 10.4. The predicted molar refractivity (Wildman–Crippen MR) is 57.6 cm³/mol. The Balaban J connectivity index is 2.07. The summed E-state index contributed by atoms with van der Waals surface area (Å²) >= 11 is 0. The summed E-state index contributed by atoms with van der Waals surface area (Å²) < 4.78 is 0. The van der Waals surface area contributed by atoms with E-state index in [4.69, 9.17) is 5.26 Å². The summed E-state index contributed by atoms with van der Waals surface area (Å²) in [7, 11) is 2.06. The molecule has 0 saturated carbocycles. The van der Waals surface area contributed by atoms with E-state index in [9.17, 15) is 0 Å². The van der Waals surface area contributed by atoms with Crippen molar-refractivity contribution in [3.05, 3.63) is 34.9 Å². The third-order valence-corrected chi connectivity index (χ3v) is 3.32. The molecule has 15 heavy (non-hydrogen) atoms. The largest absolute Gasteiger partial charge is 0.360 e. The van der Waals surface area contributed by atoms with Gasteiger partial charge in [0, 0.05) is 7.05 Å². The number of rotatable bonds is 0. The van der Waals surface area contributed by atoms with Gasteiger partial charge in [-0.3, -0.25) is 4.99 Å². The Morgan fingerprint density at radius 2 is 2.40 bits per heavy atom. The Morgan fingerprint density at radius 3 is 3.20 bits per heavy atom. The first-order chi connectivity index (χ1) is 7.29. The van der Waals surface area contributed by atoms with Crippen molar-refractivity contribution < 1.29 is 0 Å². The van der Waals surface area contributed by atoms with Crippen LogP contribution >= 0.6 is 0 Å². The fraction of sp³-hybridized carbons (Fsp3) is 0.333. The number of likely N-dealkylation sites (N-methyl/N-ethyl adjacent to an activating group) is 1. The molecule has 0 spiro atoms. The highest BCUT2D eigenvalue weighted by Crippen LogP contribution is 2.39. The maximum atomic E-state index is 8.83. The van der Waals surface area contributed by atoms with Gasteiger partial charge in [-0.05, 0) is 29.7 Å². The fourth-order valence-electron chi connectivity index (χ4n) is 2.49. The molecule has 1 aromatic rings. The number of hydrogen-bond acceptors (Lipinski definition) is 3. The summed E-state index contributed by atoms with van der Waals surface area (Å²) in [6.45, 7) is 0. The number of hydrogen-bond donors (Lipinski definition) is 0. The Labute approximate surface area is 88.7 Å². The van der Waals surface area contributed by atoms with E-state index in [0.717, 1.165) is 12.0 Å². The molecule has 1 aromatic carbocycles. The lowest BCUT2D eigenvalue weighted by atomic mass is 10.1. The van der Waals surface area contributed by atoms with Gasteiger partial charge in [-0.25, -0.2) is 0 Å². The first-order valence-corrected chi connectivity index (χ1v) is 5.08. The average Bonchev–Trinajstić information content (AvgIpc) is 2.78. The van der Waals surface area contributed by atoms with Crippen LogP contribution in [0.1, 0.15) is 22.7 Å². The van der Waals surface area contributed by atoms with Gasteiger partial charge in [0.1, 0.15) is 0 Å². The van der Waals surface area contributed by atoms with E-state index < -0.39 is 0 Å². The van der Waals surface area contributed by atoms with Gasteiger partial charge in [0.2, 0.25) is 0 Å². The van der Waals surface area contributed by atoms with Crippen molar-refractivity contribution in [2.45, 2.75) is 18.5 Å². The molecule has 0 radical (unpaired) electrons. The van der Waals surface area contributed by atoms with Gasteiger partial charge in [-0.2, -0.15) is 5.26 Å². The fourth-order valence-corrected chi connectivity index (χ4v) is 2.49. The van der Waals surface area contributed by atoms with Crippen molar-refractivity contribution >= 4 is 6.34 Å². The quantitative estimate of drug-likeness (QED) is 0.632. The topological polar surface area (TPSA) is 39.4 Å². The van der Waals surface area contributed by atoms with Crippen molar-refractivity contribution in [3.8, 4) is 6.07 Å². The molecule has 1 aliphatic heterocycles. The van der Waals surface area contributed by atoms with Gasteiger partial charge in [0.05, 0.1) is 30.1 Å². The van der Waals surface area contributed by atoms with Crippen molar-refractivity contribution in [1.82, 2.24) is 4.90 Å². The summed E-state index contributed by atoms with van der Waals surface area (Å²) in [6, 6.07) is 8.87. The molecule has 3 nitrogen and oxygen atoms in total. The van der Waals surface area contributed by atoms with Crippen LogP contribution in [0.3, 0.4) is 0 Å². The molecule has 1 heterocycles. The molecule has 0 bridgehead atoms. The van der Waals surface area contributed by atoms with Gasteiger partial charge in [0.15, 0.2) is 0 Å². The normalized spacial score (nSPS) is 26.3. The second kappa shape index (κ2) is 2.83. The van der Waals surface area contributed by atoms with Crippen LogP contribution < -0.4 is 0 Å². The molecule has 0 fully saturated rings. The van der Waals surface area contributed by atoms with Gasteiger partial charge >= 0.3 is 0 Å². The number of benzene rings is 1. The van der Waals surface area contributed by atoms with Gasteiger partial charge in [0.25, 0.3) is 0 Å². The van der Waals surface area contributed by atoms with E-state index in [1.165, 1.54) is 11.1 Å². The summed E-state index contributed by atoms with van der Waals surface area (Å²) in [5.41, 5.74) is 3.33. The highest BCUT2D eigenvalue weighted by molar-refractivity contribution is 5.62. The molecule has 1 aliphatic carbocycles. The Morgan fingerprint density at radius 1 is 1.53 bits per heavy atom. The molecule has 0 N–H and O–H groups in total. The molecule has 2 aliphatic rings. The smallest absolute Gasteiger partial charge is 0.0991 e. The number of nitrogens with zero attached hydrogens (tertiary/aromatic N) is 3. The van der Waals surface area contributed by atoms with Crippen LogP contribution in [0.5, 0.6) is 0 Å². The van der Waals surface area contributed by atoms with E-state index in [-0.39, 0.29) is 6.04 Å². The van der Waals surface area contributed by atoms with E-state index in [1.807, 2.05) is 18.5 Å². The van der Waals surface area contributed by atoms with Gasteiger partial charge < -0.3 is 4.90 Å². The standard InChI is InChI=1S/C12H11N3/c1-15-7-14-12-10-3-2-8(6-13)4-9(10)5-11(12)15/h2-4,7,11-12H,5H2,1H3. The van der Waals surface area contributed by atoms with Crippen LogP contribution in [0.25, 0.3) is 0 Å². The minimum Gasteiger partial charge on any atom is -0.360 e. The SMILES string of the molecule is CN1C=NC2c3ccc(C#N)cc3CC21. The lowest BCUT2D eigenvalue weighted by Crippen LogP contribution is -2.27. The Bertz CT molecular complexity index is 484. The second-order valence-corrected chi connectivity index (χ2v) is 4.17. The Kier molecular flexibility index (Phi) is 1.60. The number of fused-ring (bicyclic) bond motifs is 3. The van der Waals surface area contributed by atoms with Crippen molar-refractivity contribution in [2.75, 3.05) is 7.05 Å². The van der Waals surface area contributed by atoms with Gasteiger partial charge in [-0.1, -0.05) is 6.07 Å². The zero-order valence-corrected chi connectivity index (χ0v) is 8.51. The van der Waals surface area contributed by atoms with Crippen LogP contribution in [-0.2, 0) is 6.42 Å². The van der Waals surface area contributed by atoms with Crippen LogP contribution in [-0.4, -0.2) is 24.3 Å². The summed E-state index contributed by atoms with van der Waals surface area (Å²) in [4.78, 5) is 6.66. The van der Waals surface area contributed by atoms with E-state index in [0.29, 0.717) is 6.04 Å². The molecule has 0 aromatic heterocycles. The molecular formula is C12H11N3. The minimum absolute atomic E-state index is 0.290. The lowest BCUT2D eigenvalue weighted by Gasteiger charge is -2.17. The van der Waals surface area contributed by atoms with Crippen LogP contribution in [0.15, 0.2) is 23.2 Å². The summed E-state index contributed by atoms with van der Waals surface area (Å²) in [6.07, 6.45) is 2.92. The third-order valence-electron chi connectivity index (χ3n) is 3.32. The number of aliphatic imine (C=N–C) groups is 1. The molecule has 3 rings (SSSR count). The average molecular weight is 197 g/mol. The van der Waals surface area contributed by atoms with Crippen molar-refractivity contribution in [1.29, 1.82) is 5.26 Å². The van der Waals surface area contributed by atoms with E-state index >= 15 is 0 Å². The maximum Gasteiger partial charge on any atom is 0.0991 e. The molecular weight excluding hydrogens is 186 g/mol. The first-order valence-electron chi connectivity index (χ1n) is 5.08. The summed E-state index contributed by atoms with van der Waals surface area (Å²) in [5, 5.41) is 8.83. The maximum absolute atomic E-state index is 8.83. The molecule has 74 valence electrons. The van der Waals surface area contributed by atoms with Crippen LogP contribution in [0.2, 0.25) is 0 Å². The van der Waals surface area contributed by atoms with Crippen LogP contribution in [0.4, 0.5) is 0 Å². The zero-order valence-electron chi connectivity index (χ0n) is 8.51. The summed E-state index contributed by atoms with van der Waals surface area (Å²) in [5.74, 6) is 0. The lowest BCUT2D eigenvalue weighted by molar-refractivity contribution is 0.379. The molecule has 3 heteroatoms. The second-order valence-electron chi connectivity index (χ2n) is 4.17. The minimum atomic E-state index is 0.290. The Hall–Kier alpha value is -1.82. The molecule has 0 saturated heterocycles.